The summed E-state index contributed by atoms with van der Waals surface area (Å²) in [6.45, 7) is 2.76. The van der Waals surface area contributed by atoms with E-state index in [-0.39, 0.29) is 6.54 Å². The number of ether oxygens (including phenoxy) is 1. The number of nitrogens with one attached hydrogen (secondary N) is 1. The molecule has 7 heteroatoms. The number of hydrogen-bond donors (Lipinski definition) is 1. The molecule has 1 rings (SSSR count). The molecule has 0 aromatic rings. The summed E-state index contributed by atoms with van der Waals surface area (Å²) in [5, 5.41) is 2.39. The summed E-state index contributed by atoms with van der Waals surface area (Å²) in [7, 11) is 1.65. The Balaban J connectivity index is 2.69. The van der Waals surface area contributed by atoms with Crippen molar-refractivity contribution in [2.45, 2.75) is 20.2 Å². The van der Waals surface area contributed by atoms with E-state index in [0.29, 0.717) is 5.57 Å². The van der Waals surface area contributed by atoms with Gasteiger partial charge in [0.05, 0.1) is 12.3 Å². The third kappa shape index (κ3) is 4.86. The Morgan fingerprint density at radius 1 is 1.43 bits per heavy atom. The molecule has 0 unspecified atom stereocenters. The second kappa shape index (κ2) is 7.21. The zero-order valence-corrected chi connectivity index (χ0v) is 12.0. The summed E-state index contributed by atoms with van der Waals surface area (Å²) < 4.78 is 39.0. The maximum atomic E-state index is 12.0. The van der Waals surface area contributed by atoms with Gasteiger partial charge in [0.15, 0.2) is 0 Å². The predicted molar refractivity (Wildman–Crippen MR) is 74.0 cm³/mol. The molecule has 1 aliphatic carbocycles. The van der Waals surface area contributed by atoms with E-state index in [2.05, 4.69) is 15.0 Å². The standard InChI is InChI=1S/C14H17F3N2O2/c1-4-10-9(2)11(5-6-12(10)18-3)13(20)19-7-8-21-14(15,16)17/h4-6H,7-8H2,1-3H3,(H,19,20)/b10-4-,18-12?. The molecule has 0 radical (unpaired) electrons. The molecule has 0 aromatic carbocycles. The van der Waals surface area contributed by atoms with Gasteiger partial charge in [-0.2, -0.15) is 0 Å². The van der Waals surface area contributed by atoms with Crippen molar-refractivity contribution in [3.05, 3.63) is 34.9 Å². The van der Waals surface area contributed by atoms with Crippen molar-refractivity contribution >= 4 is 11.6 Å². The summed E-state index contributed by atoms with van der Waals surface area (Å²) in [4.78, 5) is 16.1. The van der Waals surface area contributed by atoms with Crippen LogP contribution in [0, 0.1) is 0 Å². The number of aliphatic imine (C=N–C) groups is 1. The van der Waals surface area contributed by atoms with Crippen molar-refractivity contribution in [2.75, 3.05) is 20.2 Å². The van der Waals surface area contributed by atoms with Crippen LogP contribution in [0.5, 0.6) is 0 Å². The third-order valence-corrected chi connectivity index (χ3v) is 2.92. The zero-order chi connectivity index (χ0) is 16.0. The number of halogens is 3. The summed E-state index contributed by atoms with van der Waals surface area (Å²) >= 11 is 0. The molecule has 0 spiro atoms. The second-order valence-corrected chi connectivity index (χ2v) is 4.23. The molecule has 0 heterocycles. The Morgan fingerprint density at radius 3 is 2.62 bits per heavy atom. The number of hydrogen-bond acceptors (Lipinski definition) is 3. The minimum absolute atomic E-state index is 0.219. The van der Waals surface area contributed by atoms with Crippen LogP contribution in [-0.2, 0) is 9.53 Å². The lowest BCUT2D eigenvalue weighted by Crippen LogP contribution is -2.31. The molecular formula is C14H17F3N2O2. The molecule has 4 nitrogen and oxygen atoms in total. The van der Waals surface area contributed by atoms with Gasteiger partial charge >= 0.3 is 6.36 Å². The SMILES string of the molecule is C/C=C1\C(=NC)C=CC(C(=O)NCCOC(F)(F)F)=C1C. The van der Waals surface area contributed by atoms with Crippen LogP contribution < -0.4 is 5.32 Å². The first-order valence-electron chi connectivity index (χ1n) is 6.31. The van der Waals surface area contributed by atoms with Crippen molar-refractivity contribution in [2.24, 2.45) is 4.99 Å². The zero-order valence-electron chi connectivity index (χ0n) is 12.0. The van der Waals surface area contributed by atoms with Gasteiger partial charge in [0.1, 0.15) is 0 Å². The molecule has 0 saturated heterocycles. The summed E-state index contributed by atoms with van der Waals surface area (Å²) in [6.07, 6.45) is 0.449. The van der Waals surface area contributed by atoms with Gasteiger partial charge in [0, 0.05) is 19.2 Å². The molecule has 0 saturated carbocycles. The van der Waals surface area contributed by atoms with Crippen LogP contribution in [0.3, 0.4) is 0 Å². The number of alkyl halides is 3. The fraction of sp³-hybridized carbons (Fsp3) is 0.429. The van der Waals surface area contributed by atoms with E-state index in [1.54, 1.807) is 26.1 Å². The van der Waals surface area contributed by atoms with E-state index in [1.807, 2.05) is 13.0 Å². The van der Waals surface area contributed by atoms with Gasteiger partial charge in [-0.3, -0.25) is 14.5 Å². The van der Waals surface area contributed by atoms with Crippen LogP contribution in [0.15, 0.2) is 39.9 Å². The first-order valence-corrected chi connectivity index (χ1v) is 6.31. The molecule has 0 fully saturated rings. The van der Waals surface area contributed by atoms with Crippen molar-refractivity contribution in [3.63, 3.8) is 0 Å². The smallest absolute Gasteiger partial charge is 0.350 e. The molecule has 116 valence electrons. The van der Waals surface area contributed by atoms with Gasteiger partial charge in [-0.1, -0.05) is 6.08 Å². The Bertz CT molecular complexity index is 529. The lowest BCUT2D eigenvalue weighted by Gasteiger charge is -2.17. The van der Waals surface area contributed by atoms with Crippen molar-refractivity contribution in [3.8, 4) is 0 Å². The minimum atomic E-state index is -4.69. The van der Waals surface area contributed by atoms with Crippen molar-refractivity contribution in [1.29, 1.82) is 0 Å². The van der Waals surface area contributed by atoms with Gasteiger partial charge in [-0.05, 0) is 37.1 Å². The van der Waals surface area contributed by atoms with Crippen LogP contribution in [0.2, 0.25) is 0 Å². The first-order chi connectivity index (χ1) is 9.80. The highest BCUT2D eigenvalue weighted by atomic mass is 19.4. The van der Waals surface area contributed by atoms with E-state index in [1.165, 1.54) is 0 Å². The highest BCUT2D eigenvalue weighted by molar-refractivity contribution is 6.16. The monoisotopic (exact) mass is 302 g/mol. The van der Waals surface area contributed by atoms with Crippen LogP contribution >= 0.6 is 0 Å². The summed E-state index contributed by atoms with van der Waals surface area (Å²) in [6, 6.07) is 0. The van der Waals surface area contributed by atoms with E-state index in [4.69, 9.17) is 0 Å². The van der Waals surface area contributed by atoms with E-state index in [9.17, 15) is 18.0 Å². The van der Waals surface area contributed by atoms with Crippen molar-refractivity contribution < 1.29 is 22.7 Å². The summed E-state index contributed by atoms with van der Waals surface area (Å²) in [5.41, 5.74) is 2.72. The quantitative estimate of drug-likeness (QED) is 0.811. The van der Waals surface area contributed by atoms with Gasteiger partial charge in [-0.15, -0.1) is 13.2 Å². The molecule has 0 atom stereocenters. The van der Waals surface area contributed by atoms with Gasteiger partial charge in [-0.25, -0.2) is 0 Å². The Kier molecular flexibility index (Phi) is 5.90. The molecule has 1 aliphatic rings. The van der Waals surface area contributed by atoms with Gasteiger partial charge < -0.3 is 5.32 Å². The number of amides is 1. The highest BCUT2D eigenvalue weighted by Crippen LogP contribution is 2.23. The maximum Gasteiger partial charge on any atom is 0.522 e. The Morgan fingerprint density at radius 2 is 2.10 bits per heavy atom. The molecular weight excluding hydrogens is 285 g/mol. The maximum absolute atomic E-state index is 12.0. The minimum Gasteiger partial charge on any atom is -0.350 e. The Hall–Kier alpha value is -1.89. The number of nitrogens with zero attached hydrogens (tertiary/aromatic N) is 1. The number of carbonyl (C=O) groups excluding carboxylic acids is 1. The van der Waals surface area contributed by atoms with E-state index >= 15 is 0 Å². The largest absolute Gasteiger partial charge is 0.522 e. The fourth-order valence-electron chi connectivity index (χ4n) is 1.95. The summed E-state index contributed by atoms with van der Waals surface area (Å²) in [5.74, 6) is -0.441. The molecule has 0 bridgehead atoms. The van der Waals surface area contributed by atoms with Gasteiger partial charge in [0.25, 0.3) is 5.91 Å². The number of carbonyl (C=O) groups is 1. The van der Waals surface area contributed by atoms with Crippen molar-refractivity contribution in [1.82, 2.24) is 5.32 Å². The van der Waals surface area contributed by atoms with Crippen LogP contribution in [-0.4, -0.2) is 38.2 Å². The average Bonchev–Trinajstić information content (AvgIpc) is 2.41. The lowest BCUT2D eigenvalue weighted by atomic mass is 9.91. The van der Waals surface area contributed by atoms with E-state index < -0.39 is 18.9 Å². The molecule has 1 N–H and O–H groups in total. The highest BCUT2D eigenvalue weighted by Gasteiger charge is 2.28. The first kappa shape index (κ1) is 17.2. The molecule has 21 heavy (non-hydrogen) atoms. The van der Waals surface area contributed by atoms with Gasteiger partial charge in [0.2, 0.25) is 0 Å². The third-order valence-electron chi connectivity index (χ3n) is 2.92. The molecule has 0 aromatic heterocycles. The number of allylic oxidation sites excluding steroid dienone is 4. The molecule has 0 aliphatic heterocycles. The topological polar surface area (TPSA) is 50.7 Å². The van der Waals surface area contributed by atoms with Crippen LogP contribution in [0.25, 0.3) is 0 Å². The predicted octanol–water partition coefficient (Wildman–Crippen LogP) is 2.54. The van der Waals surface area contributed by atoms with Crippen LogP contribution in [0.4, 0.5) is 13.2 Å². The van der Waals surface area contributed by atoms with Crippen LogP contribution in [0.1, 0.15) is 13.8 Å². The normalized spacial score (nSPS) is 19.5. The van der Waals surface area contributed by atoms with E-state index in [0.717, 1.165) is 16.9 Å². The second-order valence-electron chi connectivity index (χ2n) is 4.23. The Labute approximate surface area is 121 Å². The number of rotatable bonds is 4. The fourth-order valence-corrected chi connectivity index (χ4v) is 1.95. The average molecular weight is 302 g/mol. The lowest BCUT2D eigenvalue weighted by molar-refractivity contribution is -0.323. The molecule has 1 amide bonds.